The minimum absolute atomic E-state index is 0.00177. The van der Waals surface area contributed by atoms with Crippen LogP contribution in [-0.4, -0.2) is 56.8 Å². The minimum atomic E-state index is -0.378. The second-order valence-electron chi connectivity index (χ2n) is 7.33. The summed E-state index contributed by atoms with van der Waals surface area (Å²) in [5.74, 6) is 0.159. The highest BCUT2D eigenvalue weighted by Gasteiger charge is 2.36. The van der Waals surface area contributed by atoms with Gasteiger partial charge in [-0.1, -0.05) is 27.7 Å². The number of carbonyl (C=O) groups is 2. The third-order valence-electron chi connectivity index (χ3n) is 4.29. The molecule has 6 nitrogen and oxygen atoms in total. The van der Waals surface area contributed by atoms with Crippen LogP contribution in [0, 0.1) is 5.41 Å². The van der Waals surface area contributed by atoms with Gasteiger partial charge in [-0.15, -0.1) is 0 Å². The van der Waals surface area contributed by atoms with Crippen LogP contribution < -0.4 is 0 Å². The number of nitrogens with zero attached hydrogens (tertiary/aromatic N) is 4. The number of imidazole rings is 1. The van der Waals surface area contributed by atoms with E-state index in [0.717, 1.165) is 19.4 Å². The largest absolute Gasteiger partial charge is 0.340 e. The number of likely N-dealkylation sites (tertiary alicyclic amines) is 1. The van der Waals surface area contributed by atoms with Crippen LogP contribution in [0.1, 0.15) is 51.0 Å². The van der Waals surface area contributed by atoms with E-state index in [2.05, 4.69) is 11.9 Å². The van der Waals surface area contributed by atoms with Crippen LogP contribution in [0.4, 0.5) is 0 Å². The maximum atomic E-state index is 12.8. The highest BCUT2D eigenvalue weighted by molar-refractivity contribution is 5.92. The first-order chi connectivity index (χ1) is 10.8. The Morgan fingerprint density at radius 2 is 2.09 bits per heavy atom. The van der Waals surface area contributed by atoms with Gasteiger partial charge in [0.2, 0.25) is 5.91 Å². The Morgan fingerprint density at radius 1 is 1.39 bits per heavy atom. The van der Waals surface area contributed by atoms with Crippen LogP contribution in [0.3, 0.4) is 0 Å². The van der Waals surface area contributed by atoms with Crippen molar-refractivity contribution in [2.24, 2.45) is 12.5 Å². The molecule has 6 heteroatoms. The summed E-state index contributed by atoms with van der Waals surface area (Å²) in [4.78, 5) is 33.1. The molecule has 0 spiro atoms. The molecule has 1 saturated heterocycles. The van der Waals surface area contributed by atoms with Gasteiger partial charge in [0.15, 0.2) is 0 Å². The number of carbonyl (C=O) groups excluding carboxylic acids is 2. The molecular weight excluding hydrogens is 292 g/mol. The predicted molar refractivity (Wildman–Crippen MR) is 89.0 cm³/mol. The Bertz CT molecular complexity index is 573. The van der Waals surface area contributed by atoms with Gasteiger partial charge < -0.3 is 14.4 Å². The van der Waals surface area contributed by atoms with Gasteiger partial charge in [-0.25, -0.2) is 4.98 Å². The summed E-state index contributed by atoms with van der Waals surface area (Å²) in [5, 5.41) is 0. The Balaban J connectivity index is 2.12. The zero-order valence-corrected chi connectivity index (χ0v) is 14.9. The Morgan fingerprint density at radius 3 is 2.61 bits per heavy atom. The maximum absolute atomic E-state index is 12.8. The lowest BCUT2D eigenvalue weighted by Crippen LogP contribution is -2.45. The second kappa shape index (κ2) is 6.72. The smallest absolute Gasteiger partial charge is 0.272 e. The maximum Gasteiger partial charge on any atom is 0.272 e. The molecule has 0 bridgehead atoms. The quantitative estimate of drug-likeness (QED) is 0.851. The van der Waals surface area contributed by atoms with Gasteiger partial charge in [-0.2, -0.15) is 0 Å². The van der Waals surface area contributed by atoms with E-state index in [1.54, 1.807) is 17.1 Å². The van der Waals surface area contributed by atoms with Crippen molar-refractivity contribution in [2.75, 3.05) is 19.6 Å². The van der Waals surface area contributed by atoms with Crippen LogP contribution in [-0.2, 0) is 11.8 Å². The van der Waals surface area contributed by atoms with Crippen LogP contribution in [0.5, 0.6) is 0 Å². The standard InChI is InChI=1S/C17H28N4O2/c1-6-8-21(15(22)14-10-18-12-19(14)5)13-7-9-20(11-13)16(23)17(2,3)4/h10,12-13H,6-9,11H2,1-5H3. The van der Waals surface area contributed by atoms with E-state index in [0.29, 0.717) is 18.8 Å². The van der Waals surface area contributed by atoms with Gasteiger partial charge in [0, 0.05) is 32.1 Å². The summed E-state index contributed by atoms with van der Waals surface area (Å²) in [6.07, 6.45) is 4.98. The molecule has 1 aliphatic rings. The van der Waals surface area contributed by atoms with Crippen molar-refractivity contribution < 1.29 is 9.59 Å². The van der Waals surface area contributed by atoms with Crippen molar-refractivity contribution >= 4 is 11.8 Å². The van der Waals surface area contributed by atoms with E-state index < -0.39 is 0 Å². The van der Waals surface area contributed by atoms with Crippen molar-refractivity contribution in [1.29, 1.82) is 0 Å². The number of aryl methyl sites for hydroxylation is 1. The Hall–Kier alpha value is -1.85. The zero-order chi connectivity index (χ0) is 17.2. The first-order valence-corrected chi connectivity index (χ1v) is 8.32. The molecule has 1 unspecified atom stereocenters. The lowest BCUT2D eigenvalue weighted by molar-refractivity contribution is -0.138. The van der Waals surface area contributed by atoms with Gasteiger partial charge in [0.1, 0.15) is 5.69 Å². The van der Waals surface area contributed by atoms with E-state index in [1.165, 1.54) is 0 Å². The van der Waals surface area contributed by atoms with Crippen LogP contribution in [0.15, 0.2) is 12.5 Å². The molecular formula is C17H28N4O2. The first-order valence-electron chi connectivity index (χ1n) is 8.32. The van der Waals surface area contributed by atoms with Crippen LogP contribution in [0.25, 0.3) is 0 Å². The number of rotatable bonds is 4. The molecule has 1 aromatic rings. The molecule has 0 saturated carbocycles. The van der Waals surface area contributed by atoms with Gasteiger partial charge in [-0.3, -0.25) is 9.59 Å². The lowest BCUT2D eigenvalue weighted by atomic mass is 9.95. The van der Waals surface area contributed by atoms with Crippen molar-refractivity contribution in [2.45, 2.75) is 46.6 Å². The van der Waals surface area contributed by atoms with Crippen molar-refractivity contribution in [3.63, 3.8) is 0 Å². The summed E-state index contributed by atoms with van der Waals surface area (Å²) in [6.45, 7) is 9.93. The van der Waals surface area contributed by atoms with E-state index >= 15 is 0 Å². The van der Waals surface area contributed by atoms with Gasteiger partial charge in [-0.05, 0) is 12.8 Å². The normalized spacial score (nSPS) is 18.3. The average molecular weight is 320 g/mol. The second-order valence-corrected chi connectivity index (χ2v) is 7.33. The molecule has 1 fully saturated rings. The van der Waals surface area contributed by atoms with Crippen molar-refractivity contribution in [3.05, 3.63) is 18.2 Å². The predicted octanol–water partition coefficient (Wildman–Crippen LogP) is 1.92. The van der Waals surface area contributed by atoms with Gasteiger partial charge in [0.25, 0.3) is 5.91 Å². The molecule has 0 aromatic carbocycles. The summed E-state index contributed by atoms with van der Waals surface area (Å²) in [5.41, 5.74) is 0.218. The fourth-order valence-corrected chi connectivity index (χ4v) is 3.06. The summed E-state index contributed by atoms with van der Waals surface area (Å²) >= 11 is 0. The molecule has 128 valence electrons. The molecule has 0 aliphatic carbocycles. The highest BCUT2D eigenvalue weighted by atomic mass is 16.2. The molecule has 2 rings (SSSR count). The van der Waals surface area contributed by atoms with E-state index in [-0.39, 0.29) is 23.3 Å². The average Bonchev–Trinajstić information content (AvgIpc) is 3.11. The van der Waals surface area contributed by atoms with Crippen LogP contribution in [0.2, 0.25) is 0 Å². The van der Waals surface area contributed by atoms with Gasteiger partial charge in [0.05, 0.1) is 18.6 Å². The summed E-state index contributed by atoms with van der Waals surface area (Å²) in [6, 6.07) is 0.0867. The fraction of sp³-hybridized carbons (Fsp3) is 0.706. The Kier molecular flexibility index (Phi) is 5.12. The van der Waals surface area contributed by atoms with E-state index in [4.69, 9.17) is 0 Å². The molecule has 23 heavy (non-hydrogen) atoms. The molecule has 1 atom stereocenters. The van der Waals surface area contributed by atoms with E-state index in [1.807, 2.05) is 37.6 Å². The number of aromatic nitrogens is 2. The minimum Gasteiger partial charge on any atom is -0.340 e. The number of amides is 2. The van der Waals surface area contributed by atoms with Crippen molar-refractivity contribution in [1.82, 2.24) is 19.4 Å². The number of hydrogen-bond acceptors (Lipinski definition) is 3. The molecule has 2 amide bonds. The first kappa shape index (κ1) is 17.5. The van der Waals surface area contributed by atoms with Crippen molar-refractivity contribution in [3.8, 4) is 0 Å². The molecule has 0 N–H and O–H groups in total. The molecule has 2 heterocycles. The SMILES string of the molecule is CCCN(C(=O)c1cncn1C)C1CCN(C(=O)C(C)(C)C)C1. The Labute approximate surface area is 138 Å². The van der Waals surface area contributed by atoms with E-state index in [9.17, 15) is 9.59 Å². The lowest BCUT2D eigenvalue weighted by Gasteiger charge is -2.30. The number of hydrogen-bond donors (Lipinski definition) is 0. The third kappa shape index (κ3) is 3.74. The molecule has 1 aromatic heterocycles. The zero-order valence-electron chi connectivity index (χ0n) is 14.9. The molecule has 1 aliphatic heterocycles. The highest BCUT2D eigenvalue weighted by Crippen LogP contribution is 2.24. The van der Waals surface area contributed by atoms with Gasteiger partial charge >= 0.3 is 0 Å². The summed E-state index contributed by atoms with van der Waals surface area (Å²) in [7, 11) is 1.83. The third-order valence-corrected chi connectivity index (χ3v) is 4.29. The topological polar surface area (TPSA) is 58.4 Å². The monoisotopic (exact) mass is 320 g/mol. The molecule has 0 radical (unpaired) electrons. The van der Waals surface area contributed by atoms with Crippen LogP contribution >= 0.6 is 0 Å². The fourth-order valence-electron chi connectivity index (χ4n) is 3.06. The summed E-state index contributed by atoms with van der Waals surface area (Å²) < 4.78 is 1.75.